The third-order valence-corrected chi connectivity index (χ3v) is 5.85. The molecule has 0 saturated carbocycles. The minimum Gasteiger partial charge on any atom is -0.497 e. The molecule has 0 spiro atoms. The third kappa shape index (κ3) is 4.33. The Hall–Kier alpha value is -4.59. The smallest absolute Gasteiger partial charge is 0.273 e. The number of amides is 1. The van der Waals surface area contributed by atoms with E-state index in [1.165, 1.54) is 0 Å². The second kappa shape index (κ2) is 8.98. The number of nitrogens with one attached hydrogen (secondary N) is 1. The van der Waals surface area contributed by atoms with Crippen LogP contribution in [0.5, 0.6) is 11.5 Å². The summed E-state index contributed by atoms with van der Waals surface area (Å²) in [6.07, 6.45) is 3.99. The molecule has 8 nitrogen and oxygen atoms in total. The first-order chi connectivity index (χ1) is 16.9. The number of aromatic nitrogens is 4. The van der Waals surface area contributed by atoms with E-state index in [0.717, 1.165) is 28.0 Å². The summed E-state index contributed by atoms with van der Waals surface area (Å²) in [6.45, 7) is 2.05. The van der Waals surface area contributed by atoms with E-state index in [1.54, 1.807) is 32.0 Å². The zero-order valence-electron chi connectivity index (χ0n) is 19.9. The average Bonchev–Trinajstić information content (AvgIpc) is 3.47. The second-order valence-corrected chi connectivity index (χ2v) is 8.23. The quantitative estimate of drug-likeness (QED) is 0.381. The molecule has 0 unspecified atom stereocenters. The molecule has 0 radical (unpaired) electrons. The van der Waals surface area contributed by atoms with Gasteiger partial charge >= 0.3 is 0 Å². The Labute approximate surface area is 202 Å². The maximum atomic E-state index is 13.0. The van der Waals surface area contributed by atoms with Crippen LogP contribution in [0.1, 0.15) is 16.1 Å². The van der Waals surface area contributed by atoms with Crippen molar-refractivity contribution in [2.45, 2.75) is 6.92 Å². The van der Waals surface area contributed by atoms with Crippen LogP contribution in [-0.2, 0) is 7.05 Å². The summed E-state index contributed by atoms with van der Waals surface area (Å²) in [7, 11) is 4.93. The Morgan fingerprint density at radius 1 is 0.943 bits per heavy atom. The van der Waals surface area contributed by atoms with E-state index in [9.17, 15) is 4.79 Å². The molecule has 5 rings (SSSR count). The summed E-state index contributed by atoms with van der Waals surface area (Å²) >= 11 is 0. The van der Waals surface area contributed by atoms with Gasteiger partial charge in [-0.05, 0) is 61.0 Å². The molecule has 0 aliphatic rings. The molecular formula is C27H25N5O3. The first-order valence-electron chi connectivity index (χ1n) is 11.1. The Balaban J connectivity index is 1.36. The van der Waals surface area contributed by atoms with E-state index in [4.69, 9.17) is 14.5 Å². The van der Waals surface area contributed by atoms with Crippen molar-refractivity contribution in [1.29, 1.82) is 0 Å². The molecule has 0 bridgehead atoms. The van der Waals surface area contributed by atoms with Gasteiger partial charge < -0.3 is 19.2 Å². The van der Waals surface area contributed by atoms with Crippen LogP contribution < -0.4 is 14.8 Å². The van der Waals surface area contributed by atoms with Gasteiger partial charge in [-0.1, -0.05) is 12.1 Å². The van der Waals surface area contributed by atoms with Crippen molar-refractivity contribution in [2.75, 3.05) is 19.5 Å². The maximum Gasteiger partial charge on any atom is 0.273 e. The fourth-order valence-corrected chi connectivity index (χ4v) is 3.97. The molecule has 3 heterocycles. The molecule has 0 fully saturated rings. The van der Waals surface area contributed by atoms with Crippen LogP contribution in [-0.4, -0.2) is 39.3 Å². The van der Waals surface area contributed by atoms with Crippen LogP contribution in [0.4, 0.5) is 5.69 Å². The van der Waals surface area contributed by atoms with Crippen molar-refractivity contribution in [3.8, 4) is 34.0 Å². The lowest BCUT2D eigenvalue weighted by Crippen LogP contribution is -2.15. The van der Waals surface area contributed by atoms with Crippen LogP contribution >= 0.6 is 0 Å². The molecule has 1 amide bonds. The Morgan fingerprint density at radius 3 is 2.49 bits per heavy atom. The van der Waals surface area contributed by atoms with Gasteiger partial charge in [0, 0.05) is 36.3 Å². The molecular weight excluding hydrogens is 442 g/mol. The van der Waals surface area contributed by atoms with Crippen LogP contribution in [0.15, 0.2) is 73.1 Å². The molecule has 5 aromatic rings. The highest BCUT2D eigenvalue weighted by atomic mass is 16.5. The topological polar surface area (TPSA) is 82.7 Å². The molecule has 2 aromatic carbocycles. The maximum absolute atomic E-state index is 13.0. The number of hydrogen-bond donors (Lipinski definition) is 1. The van der Waals surface area contributed by atoms with E-state index in [0.29, 0.717) is 28.6 Å². The summed E-state index contributed by atoms with van der Waals surface area (Å²) in [5, 5.41) is 7.46. The lowest BCUT2D eigenvalue weighted by Gasteiger charge is -2.08. The number of carbonyl (C=O) groups excluding carboxylic acids is 1. The standard InChI is InChI=1S/C27H25N5O3/c1-17-11-12-32-16-23(29-26(32)13-17)18-5-7-19(8-6-18)28-27(33)24-15-22(30-31(24)2)21-14-20(34-3)9-10-25(21)35-4/h5-16H,1-4H3,(H,28,33). The highest BCUT2D eigenvalue weighted by molar-refractivity contribution is 6.03. The average molecular weight is 468 g/mol. The predicted octanol–water partition coefficient (Wildman–Crippen LogP) is 4.98. The Bertz CT molecular complexity index is 1530. The minimum absolute atomic E-state index is 0.260. The number of pyridine rings is 1. The summed E-state index contributed by atoms with van der Waals surface area (Å²) in [4.78, 5) is 17.7. The molecule has 35 heavy (non-hydrogen) atoms. The van der Waals surface area contributed by atoms with Gasteiger partial charge in [0.15, 0.2) is 0 Å². The van der Waals surface area contributed by atoms with Gasteiger partial charge in [0.2, 0.25) is 0 Å². The van der Waals surface area contributed by atoms with Crippen LogP contribution in [0.3, 0.4) is 0 Å². The van der Waals surface area contributed by atoms with E-state index >= 15 is 0 Å². The normalized spacial score (nSPS) is 11.0. The molecule has 0 aliphatic carbocycles. The summed E-state index contributed by atoms with van der Waals surface area (Å²) in [6, 6.07) is 18.9. The molecule has 0 saturated heterocycles. The van der Waals surface area contributed by atoms with Crippen LogP contribution in [0, 0.1) is 6.92 Å². The number of imidazole rings is 1. The molecule has 3 aromatic heterocycles. The number of aryl methyl sites for hydroxylation is 2. The highest BCUT2D eigenvalue weighted by Gasteiger charge is 2.18. The Kier molecular flexibility index (Phi) is 5.70. The minimum atomic E-state index is -0.260. The predicted molar refractivity (Wildman–Crippen MR) is 135 cm³/mol. The lowest BCUT2D eigenvalue weighted by molar-refractivity contribution is 0.101. The van der Waals surface area contributed by atoms with Gasteiger partial charge in [-0.3, -0.25) is 9.48 Å². The van der Waals surface area contributed by atoms with Gasteiger partial charge in [0.05, 0.1) is 25.6 Å². The van der Waals surface area contributed by atoms with Crippen molar-refractivity contribution in [3.63, 3.8) is 0 Å². The van der Waals surface area contributed by atoms with E-state index < -0.39 is 0 Å². The largest absolute Gasteiger partial charge is 0.497 e. The van der Waals surface area contributed by atoms with Crippen molar-refractivity contribution in [3.05, 3.63) is 84.3 Å². The number of fused-ring (bicyclic) bond motifs is 1. The van der Waals surface area contributed by atoms with Crippen molar-refractivity contribution < 1.29 is 14.3 Å². The monoisotopic (exact) mass is 467 g/mol. The van der Waals surface area contributed by atoms with Gasteiger partial charge in [-0.25, -0.2) is 4.98 Å². The molecule has 0 aliphatic heterocycles. The van der Waals surface area contributed by atoms with Crippen molar-refractivity contribution >= 4 is 17.2 Å². The fourth-order valence-electron chi connectivity index (χ4n) is 3.97. The Morgan fingerprint density at radius 2 is 1.74 bits per heavy atom. The first-order valence-corrected chi connectivity index (χ1v) is 11.1. The summed E-state index contributed by atoms with van der Waals surface area (Å²) in [5.41, 5.74) is 6.37. The molecule has 8 heteroatoms. The van der Waals surface area contributed by atoms with Crippen molar-refractivity contribution in [2.24, 2.45) is 7.05 Å². The second-order valence-electron chi connectivity index (χ2n) is 8.23. The summed E-state index contributed by atoms with van der Waals surface area (Å²) < 4.78 is 14.3. The van der Waals surface area contributed by atoms with Gasteiger partial charge in [-0.2, -0.15) is 5.10 Å². The number of methoxy groups -OCH3 is 2. The number of anilines is 1. The van der Waals surface area contributed by atoms with Crippen LogP contribution in [0.25, 0.3) is 28.2 Å². The fraction of sp³-hybridized carbons (Fsp3) is 0.148. The van der Waals surface area contributed by atoms with Gasteiger partial charge in [-0.15, -0.1) is 0 Å². The van der Waals surface area contributed by atoms with Crippen LogP contribution in [0.2, 0.25) is 0 Å². The number of hydrogen-bond acceptors (Lipinski definition) is 5. The number of nitrogens with zero attached hydrogens (tertiary/aromatic N) is 4. The highest BCUT2D eigenvalue weighted by Crippen LogP contribution is 2.33. The first kappa shape index (κ1) is 22.2. The SMILES string of the molecule is COc1ccc(OC)c(-c2cc(C(=O)Nc3ccc(-c4cn5ccc(C)cc5n4)cc3)n(C)n2)c1. The molecule has 176 valence electrons. The number of benzene rings is 2. The van der Waals surface area contributed by atoms with E-state index in [2.05, 4.69) is 10.4 Å². The summed E-state index contributed by atoms with van der Waals surface area (Å²) in [5.74, 6) is 1.07. The lowest BCUT2D eigenvalue weighted by atomic mass is 10.1. The van der Waals surface area contributed by atoms with E-state index in [-0.39, 0.29) is 5.91 Å². The van der Waals surface area contributed by atoms with Gasteiger partial charge in [0.25, 0.3) is 5.91 Å². The third-order valence-electron chi connectivity index (χ3n) is 5.85. The number of rotatable bonds is 6. The number of ether oxygens (including phenoxy) is 2. The molecule has 0 atom stereocenters. The van der Waals surface area contributed by atoms with Gasteiger partial charge in [0.1, 0.15) is 22.8 Å². The van der Waals surface area contributed by atoms with E-state index in [1.807, 2.05) is 78.3 Å². The molecule has 1 N–H and O–H groups in total. The van der Waals surface area contributed by atoms with Crippen molar-refractivity contribution in [1.82, 2.24) is 19.2 Å². The zero-order valence-corrected chi connectivity index (χ0v) is 19.9. The number of carbonyl (C=O) groups is 1. The zero-order chi connectivity index (χ0) is 24.5.